The van der Waals surface area contributed by atoms with Crippen molar-refractivity contribution in [2.45, 2.75) is 31.7 Å². The molecule has 102 valence electrons. The maximum atomic E-state index is 12.1. The number of alkyl halides is 1. The molecule has 1 aromatic heterocycles. The highest BCUT2D eigenvalue weighted by Gasteiger charge is 2.21. The van der Waals surface area contributed by atoms with Crippen LogP contribution in [-0.2, 0) is 10.1 Å². The molecule has 6 heteroatoms. The van der Waals surface area contributed by atoms with Crippen LogP contribution in [0.4, 0.5) is 4.79 Å². The summed E-state index contributed by atoms with van der Waals surface area (Å²) in [4.78, 5) is 12.1. The van der Waals surface area contributed by atoms with Crippen LogP contribution in [0.1, 0.15) is 26.5 Å². The van der Waals surface area contributed by atoms with Crippen LogP contribution in [-0.4, -0.2) is 26.6 Å². The van der Waals surface area contributed by atoms with Crippen LogP contribution in [0.25, 0.3) is 10.9 Å². The summed E-state index contributed by atoms with van der Waals surface area (Å²) in [5.74, 6) is 0.0818. The molecule has 0 atom stereocenters. The first-order chi connectivity index (χ1) is 8.81. The lowest BCUT2D eigenvalue weighted by Gasteiger charge is -2.19. The maximum absolute atomic E-state index is 12.1. The van der Waals surface area contributed by atoms with Gasteiger partial charge in [0.25, 0.3) is 0 Å². The van der Waals surface area contributed by atoms with Crippen LogP contribution in [0, 0.1) is 0 Å². The van der Waals surface area contributed by atoms with Crippen molar-refractivity contribution < 1.29 is 14.6 Å². The number of hydrogen-bond acceptors (Lipinski definition) is 4. The lowest BCUT2D eigenvalue weighted by Crippen LogP contribution is -2.27. The van der Waals surface area contributed by atoms with Crippen molar-refractivity contribution in [3.05, 3.63) is 23.9 Å². The first-order valence-corrected chi connectivity index (χ1v) is 6.94. The molecule has 1 aromatic carbocycles. The zero-order valence-electron chi connectivity index (χ0n) is 11.0. The van der Waals surface area contributed by atoms with Gasteiger partial charge in [-0.1, -0.05) is 15.9 Å². The third-order valence-corrected chi connectivity index (χ3v) is 2.97. The van der Waals surface area contributed by atoms with E-state index in [-0.39, 0.29) is 5.75 Å². The van der Waals surface area contributed by atoms with Gasteiger partial charge in [-0.25, -0.2) is 4.79 Å². The van der Waals surface area contributed by atoms with Crippen LogP contribution < -0.4 is 0 Å². The van der Waals surface area contributed by atoms with Crippen molar-refractivity contribution in [3.8, 4) is 5.75 Å². The van der Waals surface area contributed by atoms with E-state index in [1.807, 2.05) is 0 Å². The Morgan fingerprint density at radius 3 is 2.74 bits per heavy atom. The number of phenolic OH excluding ortho intramolecular Hbond substituents is 1. The topological polar surface area (TPSA) is 64.4 Å². The number of carbonyl (C=O) groups excluding carboxylic acids is 1. The molecule has 19 heavy (non-hydrogen) atoms. The van der Waals surface area contributed by atoms with Gasteiger partial charge in [-0.15, -0.1) is 0 Å². The molecule has 0 aliphatic heterocycles. The molecule has 0 fully saturated rings. The van der Waals surface area contributed by atoms with E-state index in [1.165, 1.54) is 10.7 Å². The molecule has 0 aliphatic carbocycles. The maximum Gasteiger partial charge on any atom is 0.435 e. The molecular formula is C13H15BrN2O3. The molecule has 2 aromatic rings. The van der Waals surface area contributed by atoms with E-state index >= 15 is 0 Å². The SMILES string of the molecule is CC(C)(C)OC(=O)n1nc(CBr)c2ccc(O)cc21. The zero-order valence-corrected chi connectivity index (χ0v) is 12.6. The molecule has 0 saturated heterocycles. The van der Waals surface area contributed by atoms with Crippen molar-refractivity contribution in [1.29, 1.82) is 0 Å². The Bertz CT molecular complexity index is 629. The van der Waals surface area contributed by atoms with Gasteiger partial charge in [-0.3, -0.25) is 0 Å². The summed E-state index contributed by atoms with van der Waals surface area (Å²) in [7, 11) is 0. The Kier molecular flexibility index (Phi) is 3.54. The molecule has 0 aliphatic rings. The fourth-order valence-corrected chi connectivity index (χ4v) is 2.12. The van der Waals surface area contributed by atoms with Crippen molar-refractivity contribution in [3.63, 3.8) is 0 Å². The fourth-order valence-electron chi connectivity index (χ4n) is 1.71. The monoisotopic (exact) mass is 326 g/mol. The Morgan fingerprint density at radius 2 is 2.16 bits per heavy atom. The summed E-state index contributed by atoms with van der Waals surface area (Å²) >= 11 is 3.33. The highest BCUT2D eigenvalue weighted by molar-refractivity contribution is 9.08. The molecule has 0 unspecified atom stereocenters. The zero-order chi connectivity index (χ0) is 14.2. The molecule has 1 heterocycles. The van der Waals surface area contributed by atoms with Crippen LogP contribution in [0.5, 0.6) is 5.75 Å². The molecule has 2 rings (SSSR count). The lowest BCUT2D eigenvalue weighted by atomic mass is 10.2. The van der Waals surface area contributed by atoms with Crippen LogP contribution in [0.2, 0.25) is 0 Å². The molecule has 0 saturated carbocycles. The second kappa shape index (κ2) is 4.85. The number of aromatic hydroxyl groups is 1. The molecule has 0 radical (unpaired) electrons. The van der Waals surface area contributed by atoms with Gasteiger partial charge in [0.05, 0.1) is 11.2 Å². The first-order valence-electron chi connectivity index (χ1n) is 5.82. The quantitative estimate of drug-likeness (QED) is 0.815. The number of nitrogens with zero attached hydrogens (tertiary/aromatic N) is 2. The molecule has 0 amide bonds. The Hall–Kier alpha value is -1.56. The summed E-state index contributed by atoms with van der Waals surface area (Å²) < 4.78 is 6.47. The van der Waals surface area contributed by atoms with Gasteiger partial charge in [-0.05, 0) is 32.9 Å². The summed E-state index contributed by atoms with van der Waals surface area (Å²) in [6.45, 7) is 5.37. The fraction of sp³-hybridized carbons (Fsp3) is 0.385. The number of benzene rings is 1. The van der Waals surface area contributed by atoms with E-state index in [0.717, 1.165) is 11.1 Å². The van der Waals surface area contributed by atoms with Crippen molar-refractivity contribution in [1.82, 2.24) is 9.78 Å². The number of aromatic nitrogens is 2. The smallest absolute Gasteiger partial charge is 0.435 e. The number of halogens is 1. The highest BCUT2D eigenvalue weighted by Crippen LogP contribution is 2.25. The third kappa shape index (κ3) is 2.89. The first kappa shape index (κ1) is 13.9. The summed E-state index contributed by atoms with van der Waals surface area (Å²) in [6.07, 6.45) is -0.560. The largest absolute Gasteiger partial charge is 0.508 e. The second-order valence-electron chi connectivity index (χ2n) is 5.17. The van der Waals surface area contributed by atoms with Gasteiger partial charge < -0.3 is 9.84 Å². The Morgan fingerprint density at radius 1 is 1.47 bits per heavy atom. The molecule has 0 spiro atoms. The predicted octanol–water partition coefficient (Wildman–Crippen LogP) is 3.42. The Labute approximate surface area is 119 Å². The van der Waals surface area contributed by atoms with Gasteiger partial charge in [0.15, 0.2) is 0 Å². The van der Waals surface area contributed by atoms with Crippen molar-refractivity contribution in [2.75, 3.05) is 0 Å². The van der Waals surface area contributed by atoms with E-state index in [4.69, 9.17) is 4.74 Å². The normalized spacial score (nSPS) is 11.8. The minimum Gasteiger partial charge on any atom is -0.508 e. The van der Waals surface area contributed by atoms with Crippen LogP contribution >= 0.6 is 15.9 Å². The van der Waals surface area contributed by atoms with E-state index in [2.05, 4.69) is 21.0 Å². The van der Waals surface area contributed by atoms with Crippen LogP contribution in [0.3, 0.4) is 0 Å². The number of fused-ring (bicyclic) bond motifs is 1. The minimum absolute atomic E-state index is 0.0818. The minimum atomic E-state index is -0.596. The van der Waals surface area contributed by atoms with Crippen molar-refractivity contribution >= 4 is 32.9 Å². The molecular weight excluding hydrogens is 312 g/mol. The molecule has 5 nitrogen and oxygen atoms in total. The average molecular weight is 327 g/mol. The molecule has 1 N–H and O–H groups in total. The van der Waals surface area contributed by atoms with E-state index < -0.39 is 11.7 Å². The number of rotatable bonds is 1. The van der Waals surface area contributed by atoms with E-state index in [1.54, 1.807) is 32.9 Å². The van der Waals surface area contributed by atoms with Gasteiger partial charge in [0, 0.05) is 16.8 Å². The number of carbonyl (C=O) groups is 1. The van der Waals surface area contributed by atoms with E-state index in [9.17, 15) is 9.90 Å². The number of hydrogen-bond donors (Lipinski definition) is 1. The van der Waals surface area contributed by atoms with Gasteiger partial charge in [-0.2, -0.15) is 9.78 Å². The van der Waals surface area contributed by atoms with Gasteiger partial charge in [0.1, 0.15) is 11.4 Å². The number of phenols is 1. The highest BCUT2D eigenvalue weighted by atomic mass is 79.9. The number of ether oxygens (including phenoxy) is 1. The van der Waals surface area contributed by atoms with E-state index in [0.29, 0.717) is 10.8 Å². The third-order valence-electron chi connectivity index (χ3n) is 2.43. The second-order valence-corrected chi connectivity index (χ2v) is 5.73. The van der Waals surface area contributed by atoms with Crippen molar-refractivity contribution in [2.24, 2.45) is 0 Å². The van der Waals surface area contributed by atoms with Gasteiger partial charge in [0.2, 0.25) is 0 Å². The lowest BCUT2D eigenvalue weighted by molar-refractivity contribution is 0.0522. The molecule has 0 bridgehead atoms. The summed E-state index contributed by atoms with van der Waals surface area (Å²) in [6, 6.07) is 4.79. The summed E-state index contributed by atoms with van der Waals surface area (Å²) in [5.41, 5.74) is 0.658. The van der Waals surface area contributed by atoms with Gasteiger partial charge >= 0.3 is 6.09 Å². The predicted molar refractivity (Wildman–Crippen MR) is 75.7 cm³/mol. The standard InChI is InChI=1S/C13H15BrN2O3/c1-13(2,3)19-12(18)16-11-6-8(17)4-5-9(11)10(7-14)15-16/h4-6,17H,7H2,1-3H3. The Balaban J connectivity index is 2.54. The average Bonchev–Trinajstić information content (AvgIpc) is 2.64. The summed E-state index contributed by atoms with van der Waals surface area (Å²) in [5, 5.41) is 15.1. The van der Waals surface area contributed by atoms with Crippen LogP contribution in [0.15, 0.2) is 18.2 Å².